The summed E-state index contributed by atoms with van der Waals surface area (Å²) in [4.78, 5) is 26.5. The monoisotopic (exact) mass is 294 g/mol. The third-order valence-electron chi connectivity index (χ3n) is 4.01. The van der Waals surface area contributed by atoms with Crippen molar-refractivity contribution in [3.8, 4) is 0 Å². The van der Waals surface area contributed by atoms with E-state index < -0.39 is 5.92 Å². The number of benzene rings is 2. The van der Waals surface area contributed by atoms with Gasteiger partial charge in [0.1, 0.15) is 5.92 Å². The van der Waals surface area contributed by atoms with E-state index in [-0.39, 0.29) is 17.9 Å². The Balaban J connectivity index is 1.82. The minimum atomic E-state index is -0.650. The van der Waals surface area contributed by atoms with Gasteiger partial charge in [-0.2, -0.15) is 0 Å². The summed E-state index contributed by atoms with van der Waals surface area (Å²) in [7, 11) is 0. The van der Waals surface area contributed by atoms with E-state index >= 15 is 0 Å². The number of nitrogens with zero attached hydrogens (tertiary/aromatic N) is 1. The Kier molecular flexibility index (Phi) is 3.92. The molecule has 0 radical (unpaired) electrons. The predicted molar refractivity (Wildman–Crippen MR) is 85.1 cm³/mol. The highest BCUT2D eigenvalue weighted by Gasteiger charge is 2.51. The largest absolute Gasteiger partial charge is 0.334 e. The van der Waals surface area contributed by atoms with E-state index in [1.165, 1.54) is 0 Å². The molecule has 4 heteroatoms. The lowest BCUT2D eigenvalue weighted by molar-refractivity contribution is -0.160. The first-order valence-corrected chi connectivity index (χ1v) is 7.43. The van der Waals surface area contributed by atoms with Gasteiger partial charge in [0.25, 0.3) is 0 Å². The van der Waals surface area contributed by atoms with Crippen molar-refractivity contribution in [1.82, 2.24) is 4.90 Å². The van der Waals surface area contributed by atoms with Crippen LogP contribution in [-0.4, -0.2) is 23.3 Å². The van der Waals surface area contributed by atoms with Crippen LogP contribution < -0.4 is 5.32 Å². The van der Waals surface area contributed by atoms with Gasteiger partial charge in [-0.05, 0) is 24.6 Å². The maximum atomic E-state index is 12.5. The van der Waals surface area contributed by atoms with Crippen molar-refractivity contribution in [3.05, 3.63) is 66.2 Å². The van der Waals surface area contributed by atoms with Crippen LogP contribution in [0.3, 0.4) is 0 Å². The third kappa shape index (κ3) is 2.48. The van der Waals surface area contributed by atoms with E-state index in [0.717, 1.165) is 5.56 Å². The highest BCUT2D eigenvalue weighted by Crippen LogP contribution is 2.40. The normalized spacial score (nSPS) is 20.4. The Labute approximate surface area is 129 Å². The number of para-hydroxylation sites is 1. The van der Waals surface area contributed by atoms with Crippen LogP contribution in [0.15, 0.2) is 60.7 Å². The number of hydrogen-bond donors (Lipinski definition) is 1. The zero-order chi connectivity index (χ0) is 15.5. The first-order chi connectivity index (χ1) is 10.7. The molecular formula is C18H18N2O2. The number of anilines is 1. The molecule has 0 spiro atoms. The molecule has 2 aromatic rings. The van der Waals surface area contributed by atoms with Crippen LogP contribution in [0.2, 0.25) is 0 Å². The summed E-state index contributed by atoms with van der Waals surface area (Å²) in [5.41, 5.74) is 1.71. The number of rotatable bonds is 4. The maximum absolute atomic E-state index is 12.5. The lowest BCUT2D eigenvalue weighted by atomic mass is 9.81. The molecule has 1 saturated heterocycles. The minimum Gasteiger partial charge on any atom is -0.334 e. The molecule has 2 atom stereocenters. The van der Waals surface area contributed by atoms with Crippen molar-refractivity contribution in [1.29, 1.82) is 0 Å². The van der Waals surface area contributed by atoms with E-state index in [9.17, 15) is 9.59 Å². The standard InChI is InChI=1S/C18H18N2O2/c1-2-20-16(13-9-5-3-6-10-13)15(18(20)22)17(21)19-14-11-7-4-8-12-14/h3-12,15-16H,2H2,1H3,(H,19,21). The lowest BCUT2D eigenvalue weighted by Gasteiger charge is -2.46. The van der Waals surface area contributed by atoms with Gasteiger partial charge in [0.15, 0.2) is 0 Å². The molecule has 3 rings (SSSR count). The molecule has 0 aliphatic carbocycles. The second kappa shape index (κ2) is 6.02. The summed E-state index contributed by atoms with van der Waals surface area (Å²) in [6, 6.07) is 18.8. The van der Waals surface area contributed by atoms with Gasteiger partial charge >= 0.3 is 0 Å². The van der Waals surface area contributed by atoms with Crippen LogP contribution >= 0.6 is 0 Å². The molecule has 2 amide bonds. The van der Waals surface area contributed by atoms with Gasteiger partial charge in [0.2, 0.25) is 11.8 Å². The number of amides is 2. The second-order valence-corrected chi connectivity index (χ2v) is 5.31. The average Bonchev–Trinajstić information content (AvgIpc) is 2.54. The molecule has 22 heavy (non-hydrogen) atoms. The number of β-lactam (4-membered cyclic amide) rings is 1. The van der Waals surface area contributed by atoms with Crippen LogP contribution in [0.5, 0.6) is 0 Å². The molecule has 2 unspecified atom stereocenters. The minimum absolute atomic E-state index is 0.107. The number of likely N-dealkylation sites (tertiary alicyclic amines) is 1. The zero-order valence-electron chi connectivity index (χ0n) is 12.4. The Morgan fingerprint density at radius 2 is 1.64 bits per heavy atom. The van der Waals surface area contributed by atoms with Crippen LogP contribution in [0.4, 0.5) is 5.69 Å². The highest BCUT2D eigenvalue weighted by atomic mass is 16.2. The number of nitrogens with one attached hydrogen (secondary N) is 1. The molecule has 1 aliphatic heterocycles. The first-order valence-electron chi connectivity index (χ1n) is 7.43. The Hall–Kier alpha value is -2.62. The fourth-order valence-corrected chi connectivity index (χ4v) is 2.92. The molecular weight excluding hydrogens is 276 g/mol. The van der Waals surface area contributed by atoms with E-state index in [4.69, 9.17) is 0 Å². The van der Waals surface area contributed by atoms with Gasteiger partial charge < -0.3 is 10.2 Å². The van der Waals surface area contributed by atoms with Crippen molar-refractivity contribution in [3.63, 3.8) is 0 Å². The number of hydrogen-bond acceptors (Lipinski definition) is 2. The zero-order valence-corrected chi connectivity index (χ0v) is 12.4. The molecule has 1 fully saturated rings. The van der Waals surface area contributed by atoms with Crippen LogP contribution in [0.25, 0.3) is 0 Å². The molecule has 1 N–H and O–H groups in total. The molecule has 0 bridgehead atoms. The second-order valence-electron chi connectivity index (χ2n) is 5.31. The molecule has 1 heterocycles. The fourth-order valence-electron chi connectivity index (χ4n) is 2.92. The summed E-state index contributed by atoms with van der Waals surface area (Å²) >= 11 is 0. The fraction of sp³-hybridized carbons (Fsp3) is 0.222. The van der Waals surface area contributed by atoms with Gasteiger partial charge in [-0.15, -0.1) is 0 Å². The van der Waals surface area contributed by atoms with E-state index in [2.05, 4.69) is 5.32 Å². The van der Waals surface area contributed by atoms with Crippen molar-refractivity contribution in [2.24, 2.45) is 5.92 Å². The average molecular weight is 294 g/mol. The molecule has 1 aliphatic rings. The lowest BCUT2D eigenvalue weighted by Crippen LogP contribution is -2.58. The molecule has 0 aromatic heterocycles. The van der Waals surface area contributed by atoms with Gasteiger partial charge in [-0.25, -0.2) is 0 Å². The van der Waals surface area contributed by atoms with Crippen molar-refractivity contribution >= 4 is 17.5 Å². The summed E-state index contributed by atoms with van der Waals surface area (Å²) in [6.07, 6.45) is 0. The van der Waals surface area contributed by atoms with Crippen LogP contribution in [-0.2, 0) is 9.59 Å². The Morgan fingerprint density at radius 1 is 1.05 bits per heavy atom. The molecule has 0 saturated carbocycles. The third-order valence-corrected chi connectivity index (χ3v) is 4.01. The Bertz CT molecular complexity index is 670. The summed E-state index contributed by atoms with van der Waals surface area (Å²) in [5, 5.41) is 2.83. The quantitative estimate of drug-likeness (QED) is 0.696. The van der Waals surface area contributed by atoms with Gasteiger partial charge in [0, 0.05) is 12.2 Å². The summed E-state index contributed by atoms with van der Waals surface area (Å²) in [5.74, 6) is -0.998. The van der Waals surface area contributed by atoms with Crippen LogP contribution in [0, 0.1) is 5.92 Å². The van der Waals surface area contributed by atoms with Crippen molar-refractivity contribution in [2.45, 2.75) is 13.0 Å². The first kappa shape index (κ1) is 14.3. The van der Waals surface area contributed by atoms with Gasteiger partial charge in [-0.1, -0.05) is 48.5 Å². The predicted octanol–water partition coefficient (Wildman–Crippen LogP) is 2.84. The van der Waals surface area contributed by atoms with Crippen LogP contribution in [0.1, 0.15) is 18.5 Å². The van der Waals surface area contributed by atoms with Crippen molar-refractivity contribution in [2.75, 3.05) is 11.9 Å². The number of carbonyl (C=O) groups excluding carboxylic acids is 2. The molecule has 4 nitrogen and oxygen atoms in total. The summed E-state index contributed by atoms with van der Waals surface area (Å²) < 4.78 is 0. The Morgan fingerprint density at radius 3 is 2.23 bits per heavy atom. The van der Waals surface area contributed by atoms with E-state index in [0.29, 0.717) is 12.2 Å². The topological polar surface area (TPSA) is 49.4 Å². The smallest absolute Gasteiger partial charge is 0.239 e. The molecule has 112 valence electrons. The van der Waals surface area contributed by atoms with Crippen molar-refractivity contribution < 1.29 is 9.59 Å². The summed E-state index contributed by atoms with van der Waals surface area (Å²) in [6.45, 7) is 2.53. The SMILES string of the molecule is CCN1C(=O)C(C(=O)Nc2ccccc2)C1c1ccccc1. The maximum Gasteiger partial charge on any atom is 0.239 e. The molecule has 2 aromatic carbocycles. The highest BCUT2D eigenvalue weighted by molar-refractivity contribution is 6.10. The van der Waals surface area contributed by atoms with E-state index in [1.807, 2.05) is 67.6 Å². The number of carbonyl (C=O) groups is 2. The van der Waals surface area contributed by atoms with Gasteiger partial charge in [-0.3, -0.25) is 9.59 Å². The van der Waals surface area contributed by atoms with E-state index in [1.54, 1.807) is 4.90 Å². The van der Waals surface area contributed by atoms with Gasteiger partial charge in [0.05, 0.1) is 6.04 Å².